The molecule has 1 heterocycles. The van der Waals surface area contributed by atoms with E-state index in [1.807, 2.05) is 0 Å². The molecule has 0 radical (unpaired) electrons. The fraction of sp³-hybridized carbons (Fsp3) is 0.286. The lowest BCUT2D eigenvalue weighted by Gasteiger charge is -2.09. The fourth-order valence-electron chi connectivity index (χ4n) is 3.62. The zero-order valence-electron chi connectivity index (χ0n) is 14.8. The van der Waals surface area contributed by atoms with Gasteiger partial charge >= 0.3 is 6.18 Å². The molecule has 1 saturated carbocycles. The molecule has 2 unspecified atom stereocenters. The molecule has 2 N–H and O–H groups in total. The Hall–Kier alpha value is -2.83. The molecule has 4 rings (SSSR count). The number of carbonyl (C=O) groups excluding carboxylic acids is 1. The second-order valence-corrected chi connectivity index (χ2v) is 7.12. The molecule has 1 aromatic heterocycles. The topological polar surface area (TPSA) is 44.9 Å². The van der Waals surface area contributed by atoms with Crippen molar-refractivity contribution in [1.29, 1.82) is 0 Å². The molecule has 1 fully saturated rings. The van der Waals surface area contributed by atoms with Crippen LogP contribution in [0.1, 0.15) is 29.0 Å². The highest BCUT2D eigenvalue weighted by molar-refractivity contribution is 5.84. The number of aromatic nitrogens is 1. The van der Waals surface area contributed by atoms with Gasteiger partial charge in [-0.25, -0.2) is 4.39 Å². The first kappa shape index (κ1) is 18.5. The monoisotopic (exact) mass is 390 g/mol. The first-order valence-corrected chi connectivity index (χ1v) is 9.03. The zero-order chi connectivity index (χ0) is 19.9. The maximum absolute atomic E-state index is 13.2. The van der Waals surface area contributed by atoms with Crippen molar-refractivity contribution in [3.05, 3.63) is 71.2 Å². The Morgan fingerprint density at radius 2 is 2.00 bits per heavy atom. The number of halogens is 4. The van der Waals surface area contributed by atoms with Gasteiger partial charge in [-0.05, 0) is 54.2 Å². The highest BCUT2D eigenvalue weighted by atomic mass is 19.4. The van der Waals surface area contributed by atoms with E-state index in [-0.39, 0.29) is 23.6 Å². The van der Waals surface area contributed by atoms with Crippen molar-refractivity contribution in [2.45, 2.75) is 24.9 Å². The van der Waals surface area contributed by atoms with E-state index in [4.69, 9.17) is 0 Å². The molecule has 1 amide bonds. The van der Waals surface area contributed by atoms with Gasteiger partial charge in [0.1, 0.15) is 5.82 Å². The van der Waals surface area contributed by atoms with Gasteiger partial charge in [-0.1, -0.05) is 18.2 Å². The number of benzene rings is 2. The number of rotatable bonds is 5. The van der Waals surface area contributed by atoms with Gasteiger partial charge in [0, 0.05) is 29.6 Å². The smallest absolute Gasteiger partial charge is 0.361 e. The van der Waals surface area contributed by atoms with E-state index >= 15 is 0 Å². The van der Waals surface area contributed by atoms with Crippen molar-refractivity contribution in [1.82, 2.24) is 10.3 Å². The van der Waals surface area contributed by atoms with Crippen LogP contribution in [0.2, 0.25) is 0 Å². The first-order chi connectivity index (χ1) is 13.3. The Bertz CT molecular complexity index is 1020. The average Bonchev–Trinajstić information content (AvgIpc) is 3.37. The summed E-state index contributed by atoms with van der Waals surface area (Å²) in [7, 11) is 0. The van der Waals surface area contributed by atoms with Crippen molar-refractivity contribution in [2.24, 2.45) is 5.92 Å². The number of nitrogens with one attached hydrogen (secondary N) is 2. The molecule has 7 heteroatoms. The minimum atomic E-state index is -4.38. The van der Waals surface area contributed by atoms with Gasteiger partial charge in [-0.3, -0.25) is 4.79 Å². The Morgan fingerprint density at radius 3 is 2.79 bits per heavy atom. The minimum absolute atomic E-state index is 0.145. The molecule has 3 aromatic rings. The Morgan fingerprint density at radius 1 is 1.18 bits per heavy atom. The van der Waals surface area contributed by atoms with E-state index in [9.17, 15) is 22.4 Å². The number of alkyl halides is 3. The third-order valence-corrected chi connectivity index (χ3v) is 5.19. The predicted octanol–water partition coefficient (Wildman–Crippen LogP) is 4.79. The van der Waals surface area contributed by atoms with Crippen molar-refractivity contribution in [2.75, 3.05) is 6.54 Å². The third kappa shape index (κ3) is 3.74. The number of H-pyrrole nitrogens is 1. The summed E-state index contributed by atoms with van der Waals surface area (Å²) >= 11 is 0. The highest BCUT2D eigenvalue weighted by Gasteiger charge is 2.44. The predicted molar refractivity (Wildman–Crippen MR) is 97.3 cm³/mol. The van der Waals surface area contributed by atoms with Crippen molar-refractivity contribution < 1.29 is 22.4 Å². The van der Waals surface area contributed by atoms with Gasteiger partial charge in [0.05, 0.1) is 5.56 Å². The second kappa shape index (κ2) is 6.96. The van der Waals surface area contributed by atoms with Gasteiger partial charge in [0.25, 0.3) is 0 Å². The lowest BCUT2D eigenvalue weighted by molar-refractivity contribution is -0.137. The van der Waals surface area contributed by atoms with Gasteiger partial charge in [0.15, 0.2) is 0 Å². The Labute approximate surface area is 158 Å². The quantitative estimate of drug-likeness (QED) is 0.605. The van der Waals surface area contributed by atoms with Crippen LogP contribution in [0.25, 0.3) is 10.9 Å². The van der Waals surface area contributed by atoms with E-state index in [1.54, 1.807) is 18.3 Å². The molecule has 2 atom stereocenters. The molecule has 3 nitrogen and oxygen atoms in total. The van der Waals surface area contributed by atoms with Gasteiger partial charge in [-0.2, -0.15) is 13.2 Å². The van der Waals surface area contributed by atoms with E-state index in [2.05, 4.69) is 10.3 Å². The number of hydrogen-bond acceptors (Lipinski definition) is 1. The van der Waals surface area contributed by atoms with E-state index in [1.165, 1.54) is 18.2 Å². The van der Waals surface area contributed by atoms with Crippen LogP contribution in [-0.2, 0) is 17.4 Å². The summed E-state index contributed by atoms with van der Waals surface area (Å²) in [5, 5.41) is 3.76. The molecule has 0 spiro atoms. The van der Waals surface area contributed by atoms with Gasteiger partial charge in [0.2, 0.25) is 5.91 Å². The largest absolute Gasteiger partial charge is 0.416 e. The molecule has 2 aromatic carbocycles. The molecule has 1 aliphatic rings. The summed E-state index contributed by atoms with van der Waals surface area (Å²) in [5.41, 5.74) is 1.54. The molecule has 146 valence electrons. The van der Waals surface area contributed by atoms with Crippen LogP contribution < -0.4 is 5.32 Å². The highest BCUT2D eigenvalue weighted by Crippen LogP contribution is 2.48. The van der Waals surface area contributed by atoms with Gasteiger partial charge < -0.3 is 10.3 Å². The number of amides is 1. The second-order valence-electron chi connectivity index (χ2n) is 7.12. The number of fused-ring (bicyclic) bond motifs is 1. The van der Waals surface area contributed by atoms with E-state index < -0.39 is 11.7 Å². The van der Waals surface area contributed by atoms with Crippen LogP contribution in [0.3, 0.4) is 0 Å². The lowest BCUT2D eigenvalue weighted by Crippen LogP contribution is -2.27. The van der Waals surface area contributed by atoms with Crippen LogP contribution in [0, 0.1) is 11.7 Å². The molecule has 0 bridgehead atoms. The van der Waals surface area contributed by atoms with Crippen LogP contribution in [-0.4, -0.2) is 17.4 Å². The number of carbonyl (C=O) groups is 1. The van der Waals surface area contributed by atoms with Gasteiger partial charge in [-0.15, -0.1) is 0 Å². The molecule has 28 heavy (non-hydrogen) atoms. The van der Waals surface area contributed by atoms with E-state index in [0.29, 0.717) is 30.5 Å². The van der Waals surface area contributed by atoms with Crippen molar-refractivity contribution >= 4 is 16.8 Å². The van der Waals surface area contributed by atoms with Crippen LogP contribution in [0.15, 0.2) is 48.7 Å². The standard InChI is InChI=1S/C21H18F4N2O/c22-15-4-5-16-13(11-27-19(16)9-15)6-7-26-20(28)18-10-17(18)12-2-1-3-14(8-12)21(23,24)25/h1-5,8-9,11,17-18,27H,6-7,10H2,(H,26,28). The van der Waals surface area contributed by atoms with Crippen molar-refractivity contribution in [3.8, 4) is 0 Å². The van der Waals surface area contributed by atoms with E-state index in [0.717, 1.165) is 23.1 Å². The average molecular weight is 390 g/mol. The molecule has 1 aliphatic carbocycles. The SMILES string of the molecule is O=C(NCCc1c[nH]c2cc(F)ccc12)C1CC1c1cccc(C(F)(F)F)c1. The Kier molecular flexibility index (Phi) is 4.61. The first-order valence-electron chi connectivity index (χ1n) is 9.03. The summed E-state index contributed by atoms with van der Waals surface area (Å²) in [6, 6.07) is 9.69. The zero-order valence-corrected chi connectivity index (χ0v) is 14.8. The summed E-state index contributed by atoms with van der Waals surface area (Å²) < 4.78 is 51.7. The maximum Gasteiger partial charge on any atom is 0.416 e. The third-order valence-electron chi connectivity index (χ3n) is 5.19. The maximum atomic E-state index is 13.2. The minimum Gasteiger partial charge on any atom is -0.361 e. The number of aromatic amines is 1. The summed E-state index contributed by atoms with van der Waals surface area (Å²) in [4.78, 5) is 15.3. The van der Waals surface area contributed by atoms with Crippen LogP contribution in [0.5, 0.6) is 0 Å². The number of hydrogen-bond donors (Lipinski definition) is 2. The summed E-state index contributed by atoms with van der Waals surface area (Å²) in [6.07, 6.45) is -1.46. The molecule has 0 saturated heterocycles. The normalized spacial score (nSPS) is 19.0. The molecular formula is C21H18F4N2O. The molecule has 0 aliphatic heterocycles. The van der Waals surface area contributed by atoms with Crippen LogP contribution >= 0.6 is 0 Å². The lowest BCUT2D eigenvalue weighted by atomic mass is 10.1. The molecular weight excluding hydrogens is 372 g/mol. The van der Waals surface area contributed by atoms with Crippen molar-refractivity contribution in [3.63, 3.8) is 0 Å². The summed E-state index contributed by atoms with van der Waals surface area (Å²) in [5.74, 6) is -0.921. The Balaban J connectivity index is 1.33. The summed E-state index contributed by atoms with van der Waals surface area (Å²) in [6.45, 7) is 0.412. The van der Waals surface area contributed by atoms with Crippen LogP contribution in [0.4, 0.5) is 17.6 Å². The fourth-order valence-corrected chi connectivity index (χ4v) is 3.62.